The van der Waals surface area contributed by atoms with Crippen LogP contribution >= 0.6 is 11.6 Å². The van der Waals surface area contributed by atoms with Gasteiger partial charge in [0.25, 0.3) is 0 Å². The Balaban J connectivity index is 2.66. The summed E-state index contributed by atoms with van der Waals surface area (Å²) in [6.07, 6.45) is 0. The molecule has 0 aliphatic rings. The lowest BCUT2D eigenvalue weighted by atomic mass is 9.86. The molecule has 0 saturated carbocycles. The molecule has 0 aliphatic heterocycles. The van der Waals surface area contributed by atoms with Crippen LogP contribution in [0.5, 0.6) is 0 Å². The van der Waals surface area contributed by atoms with Crippen molar-refractivity contribution in [2.45, 2.75) is 46.9 Å². The number of alkyl halides is 1. The molecule has 21 heavy (non-hydrogen) atoms. The van der Waals surface area contributed by atoms with Crippen molar-refractivity contribution in [1.82, 2.24) is 0 Å². The first-order valence-corrected chi connectivity index (χ1v) is 7.65. The number of benzene rings is 2. The average molecular weight is 305 g/mol. The highest BCUT2D eigenvalue weighted by atomic mass is 35.5. The van der Waals surface area contributed by atoms with Crippen molar-refractivity contribution in [3.05, 3.63) is 68.5 Å². The largest absolute Gasteiger partial charge is 0.207 e. The Hall–Kier alpha value is -1.34. The maximum atomic E-state index is 13.7. The van der Waals surface area contributed by atoms with Crippen LogP contribution in [0.25, 0.3) is 0 Å². The van der Waals surface area contributed by atoms with E-state index in [1.54, 1.807) is 0 Å². The standard InChI is InChI=1S/C19H22ClF/c1-10-7-16(9-17(21)8-10)19(20)18-14(5)12(3)11(2)13(4)15(18)6/h7-9,19H,1-6H3. The first-order valence-electron chi connectivity index (χ1n) is 7.22. The SMILES string of the molecule is Cc1cc(F)cc(C(Cl)c2c(C)c(C)c(C)c(C)c2C)c1. The second-order valence-electron chi connectivity index (χ2n) is 5.96. The predicted octanol–water partition coefficient (Wildman–Crippen LogP) is 6.00. The molecule has 1 unspecified atom stereocenters. The molecular weight excluding hydrogens is 283 g/mol. The number of hydrogen-bond donors (Lipinski definition) is 0. The van der Waals surface area contributed by atoms with Gasteiger partial charge in [0.15, 0.2) is 0 Å². The van der Waals surface area contributed by atoms with Crippen LogP contribution in [0.3, 0.4) is 0 Å². The lowest BCUT2D eigenvalue weighted by Crippen LogP contribution is -2.06. The smallest absolute Gasteiger partial charge is 0.123 e. The average Bonchev–Trinajstić information content (AvgIpc) is 2.42. The molecule has 2 aromatic carbocycles. The van der Waals surface area contributed by atoms with Crippen molar-refractivity contribution in [3.63, 3.8) is 0 Å². The minimum absolute atomic E-state index is 0.230. The van der Waals surface area contributed by atoms with Crippen LogP contribution in [-0.2, 0) is 0 Å². The molecule has 0 spiro atoms. The minimum Gasteiger partial charge on any atom is -0.207 e. The van der Waals surface area contributed by atoms with Gasteiger partial charge in [-0.05, 0) is 98.2 Å². The Bertz CT molecular complexity index is 652. The zero-order chi connectivity index (χ0) is 15.9. The van der Waals surface area contributed by atoms with Crippen LogP contribution in [0.15, 0.2) is 18.2 Å². The van der Waals surface area contributed by atoms with Crippen molar-refractivity contribution >= 4 is 11.6 Å². The quantitative estimate of drug-likeness (QED) is 0.596. The van der Waals surface area contributed by atoms with Gasteiger partial charge in [-0.15, -0.1) is 11.6 Å². The molecule has 0 nitrogen and oxygen atoms in total. The lowest BCUT2D eigenvalue weighted by Gasteiger charge is -2.22. The maximum absolute atomic E-state index is 13.7. The molecule has 2 rings (SSSR count). The Kier molecular flexibility index (Phi) is 4.43. The number of aryl methyl sites for hydroxylation is 1. The lowest BCUT2D eigenvalue weighted by molar-refractivity contribution is 0.624. The van der Waals surface area contributed by atoms with Crippen LogP contribution < -0.4 is 0 Å². The summed E-state index contributed by atoms with van der Waals surface area (Å²) in [6, 6.07) is 5.02. The summed E-state index contributed by atoms with van der Waals surface area (Å²) >= 11 is 6.72. The molecule has 0 amide bonds. The normalized spacial score (nSPS) is 12.6. The zero-order valence-corrected chi connectivity index (χ0v) is 14.3. The molecule has 0 aliphatic carbocycles. The van der Waals surface area contributed by atoms with E-state index in [0.29, 0.717) is 0 Å². The summed E-state index contributed by atoms with van der Waals surface area (Å²) in [4.78, 5) is 0. The minimum atomic E-state index is -0.322. The van der Waals surface area contributed by atoms with E-state index in [4.69, 9.17) is 11.6 Å². The molecular formula is C19H22ClF. The third-order valence-corrected chi connectivity index (χ3v) is 5.14. The molecule has 2 heteroatoms. The van der Waals surface area contributed by atoms with E-state index >= 15 is 0 Å². The number of halogens is 2. The number of hydrogen-bond acceptors (Lipinski definition) is 0. The van der Waals surface area contributed by atoms with Crippen LogP contribution in [-0.4, -0.2) is 0 Å². The zero-order valence-electron chi connectivity index (χ0n) is 13.6. The second-order valence-corrected chi connectivity index (χ2v) is 6.40. The van der Waals surface area contributed by atoms with Gasteiger partial charge in [-0.25, -0.2) is 4.39 Å². The molecule has 2 aromatic rings. The van der Waals surface area contributed by atoms with E-state index in [1.165, 1.54) is 39.9 Å². The van der Waals surface area contributed by atoms with Gasteiger partial charge in [0, 0.05) is 0 Å². The highest BCUT2D eigenvalue weighted by molar-refractivity contribution is 6.22. The third-order valence-electron chi connectivity index (χ3n) is 4.67. The summed E-state index contributed by atoms with van der Waals surface area (Å²) in [5, 5.41) is -0.322. The topological polar surface area (TPSA) is 0 Å². The molecule has 112 valence electrons. The number of rotatable bonds is 2. The fourth-order valence-electron chi connectivity index (χ4n) is 2.99. The van der Waals surface area contributed by atoms with Gasteiger partial charge < -0.3 is 0 Å². The van der Waals surface area contributed by atoms with Crippen LogP contribution in [0, 0.1) is 47.4 Å². The third kappa shape index (κ3) is 2.85. The van der Waals surface area contributed by atoms with Gasteiger partial charge >= 0.3 is 0 Å². The summed E-state index contributed by atoms with van der Waals surface area (Å²) in [6.45, 7) is 12.5. The van der Waals surface area contributed by atoms with Crippen molar-refractivity contribution in [2.24, 2.45) is 0 Å². The molecule has 0 heterocycles. The fourth-order valence-corrected chi connectivity index (χ4v) is 3.44. The Morgan fingerprint density at radius 1 is 0.762 bits per heavy atom. The molecule has 1 atom stereocenters. The summed E-state index contributed by atoms with van der Waals surface area (Å²) in [5.74, 6) is -0.230. The van der Waals surface area contributed by atoms with E-state index in [1.807, 2.05) is 13.0 Å². The summed E-state index contributed by atoms with van der Waals surface area (Å²) < 4.78 is 13.7. The monoisotopic (exact) mass is 304 g/mol. The van der Waals surface area contributed by atoms with Crippen molar-refractivity contribution in [1.29, 1.82) is 0 Å². The molecule has 0 fully saturated rings. The van der Waals surface area contributed by atoms with Gasteiger partial charge in [0.2, 0.25) is 0 Å². The first kappa shape index (κ1) is 16.0. The van der Waals surface area contributed by atoms with Gasteiger partial charge in [-0.1, -0.05) is 6.07 Å². The highest BCUT2D eigenvalue weighted by Crippen LogP contribution is 2.37. The van der Waals surface area contributed by atoms with E-state index in [-0.39, 0.29) is 11.2 Å². The predicted molar refractivity (Wildman–Crippen MR) is 89.0 cm³/mol. The molecule has 0 aromatic heterocycles. The van der Waals surface area contributed by atoms with E-state index in [9.17, 15) is 4.39 Å². The van der Waals surface area contributed by atoms with Crippen molar-refractivity contribution in [2.75, 3.05) is 0 Å². The van der Waals surface area contributed by atoms with E-state index in [0.717, 1.165) is 16.7 Å². The molecule has 0 bridgehead atoms. The van der Waals surface area contributed by atoms with Gasteiger partial charge in [-0.2, -0.15) is 0 Å². The highest BCUT2D eigenvalue weighted by Gasteiger charge is 2.20. The van der Waals surface area contributed by atoms with Crippen LogP contribution in [0.4, 0.5) is 4.39 Å². The van der Waals surface area contributed by atoms with Crippen LogP contribution in [0.2, 0.25) is 0 Å². The van der Waals surface area contributed by atoms with Gasteiger partial charge in [0.1, 0.15) is 5.82 Å². The Morgan fingerprint density at radius 3 is 1.71 bits per heavy atom. The Morgan fingerprint density at radius 2 is 1.24 bits per heavy atom. The molecule has 0 radical (unpaired) electrons. The first-order chi connectivity index (χ1) is 9.73. The summed E-state index contributed by atoms with van der Waals surface area (Å²) in [7, 11) is 0. The van der Waals surface area contributed by atoms with Crippen molar-refractivity contribution < 1.29 is 4.39 Å². The molecule has 0 saturated heterocycles. The molecule has 0 N–H and O–H groups in total. The van der Waals surface area contributed by atoms with Crippen molar-refractivity contribution in [3.8, 4) is 0 Å². The summed E-state index contributed by atoms with van der Waals surface area (Å²) in [5.41, 5.74) is 9.10. The second kappa shape index (κ2) is 5.81. The fraction of sp³-hybridized carbons (Fsp3) is 0.368. The van der Waals surface area contributed by atoms with Crippen LogP contribution in [0.1, 0.15) is 49.9 Å². The van der Waals surface area contributed by atoms with E-state index < -0.39 is 0 Å². The van der Waals surface area contributed by atoms with Gasteiger partial charge in [0.05, 0.1) is 5.38 Å². The van der Waals surface area contributed by atoms with Gasteiger partial charge in [-0.3, -0.25) is 0 Å². The maximum Gasteiger partial charge on any atom is 0.123 e. The Labute approximate surface area is 132 Å². The van der Waals surface area contributed by atoms with E-state index in [2.05, 4.69) is 34.6 Å².